The van der Waals surface area contributed by atoms with Crippen molar-refractivity contribution in [1.29, 1.82) is 0 Å². The summed E-state index contributed by atoms with van der Waals surface area (Å²) < 4.78 is 40.9. The second-order valence-corrected chi connectivity index (χ2v) is 33.7. The minimum absolute atomic E-state index is 0.00921. The molecule has 3 aromatic carbocycles. The topological polar surface area (TPSA) is 347 Å². The highest BCUT2D eigenvalue weighted by Gasteiger charge is 2.52. The van der Waals surface area contributed by atoms with E-state index in [2.05, 4.69) is 10.1 Å². The Morgan fingerprint density at radius 2 is 0.758 bits per heavy atom. The predicted octanol–water partition coefficient (Wildman–Crippen LogP) is 14.2. The van der Waals surface area contributed by atoms with E-state index in [-0.39, 0.29) is 97.3 Å². The first kappa shape index (κ1) is 105. The molecule has 3 N–H and O–H groups in total. The van der Waals surface area contributed by atoms with Crippen molar-refractivity contribution in [1.82, 2.24) is 29.8 Å². The normalized spacial score (nSPS) is 16.6. The number of hydrogen-bond acceptors (Lipinski definition) is 22. The summed E-state index contributed by atoms with van der Waals surface area (Å²) in [5.41, 5.74) is -0.466. The van der Waals surface area contributed by atoms with Gasteiger partial charge in [-0.3, -0.25) is 43.2 Å². The minimum atomic E-state index is -1.20. The average molecular weight is 1680 g/mol. The van der Waals surface area contributed by atoms with Crippen molar-refractivity contribution in [2.45, 2.75) is 228 Å². The Morgan fingerprint density at radius 1 is 0.425 bits per heavy atom. The van der Waals surface area contributed by atoms with Crippen LogP contribution in [0.25, 0.3) is 0 Å². The lowest BCUT2D eigenvalue weighted by molar-refractivity contribution is -0.176. The number of ketones is 1. The van der Waals surface area contributed by atoms with Crippen LogP contribution in [-0.2, 0) is 101 Å². The molecule has 0 unspecified atom stereocenters. The van der Waals surface area contributed by atoms with Crippen molar-refractivity contribution >= 4 is 71.7 Å². The van der Waals surface area contributed by atoms with Gasteiger partial charge < -0.3 is 77.9 Å². The second kappa shape index (κ2) is 52.0. The predicted molar refractivity (Wildman–Crippen MR) is 456 cm³/mol. The van der Waals surface area contributed by atoms with E-state index in [0.717, 1.165) is 87.0 Å². The lowest BCUT2D eigenvalue weighted by Crippen LogP contribution is -2.57. The SMILES string of the molecule is CC(=O)N1CCC(C(C)(C)C(=O)O)CC1.CCOC(=O)C(C)(C)C1(O)CCN(C(=O)OCc2ccccc2)CC1.CCOC(=O)C(C)(C)C1=CCN(C(=O)OCc2ccccc2)CC1.CCOC(=O)C(C)(C)C1CCN(C(C)=O)CC1.CCOC(=O)C(C)(C)C1CCNCC1.CCOC(=O)C(C)C.O=C1CCN(C(=O)OCc2ccccc2)CC1. The number of nitrogens with one attached hydrogen (secondary N) is 1. The maximum atomic E-state index is 12.2. The highest BCUT2D eigenvalue weighted by molar-refractivity contribution is 5.82. The van der Waals surface area contributed by atoms with E-state index >= 15 is 0 Å². The number of Topliss-reactive ketones (excluding diaryl/α,β-unsaturated/α-hetero) is 1. The molecule has 28 nitrogen and oxygen atoms in total. The highest BCUT2D eigenvalue weighted by Crippen LogP contribution is 2.42. The van der Waals surface area contributed by atoms with E-state index in [1.165, 1.54) is 0 Å². The summed E-state index contributed by atoms with van der Waals surface area (Å²) in [5, 5.41) is 23.3. The number of carbonyl (C=O) groups excluding carboxylic acids is 11. The van der Waals surface area contributed by atoms with Gasteiger partial charge in [-0.2, -0.15) is 0 Å². The van der Waals surface area contributed by atoms with Gasteiger partial charge in [-0.15, -0.1) is 0 Å². The fourth-order valence-electron chi connectivity index (χ4n) is 14.2. The molecule has 5 amide bonds. The number of piperidine rings is 5. The number of carboxylic acid groups (broad SMARTS) is 1. The van der Waals surface area contributed by atoms with Gasteiger partial charge in [0.25, 0.3) is 0 Å². The standard InChI is InChI=1S/C19H27NO5.C19H25NO4.C13H15NO3.C13H23NO3.C11H19NO3.C11H21NO2.C6H12O2/c1-4-24-16(21)18(2,3)19(23)10-12-20(13-11-19)17(22)25-14-15-8-6-5-7-9-15;1-4-23-17(21)19(2,3)16-10-12-20(13-11-16)18(22)24-14-15-8-6-5-7-9-15;15-12-6-8-14(9-7-12)13(16)17-10-11-4-2-1-3-5-11;1-5-17-12(16)13(3,4)11-6-8-14(9-7-11)10(2)15;1-8(13)12-6-4-9(5-7-12)11(2,3)10(14)15;1-4-14-10(13)11(2,3)9-5-7-12-8-6-9;1-4-8-6(7)5(2)3/h5-9,23H,4,10-14H2,1-3H3;5-10H,4,11-14H2,1-3H3;1-5H,6-10H2;11H,5-9H2,1-4H3;9H,4-7H2,1-3H3,(H,14,15);9,12H,4-8H2,1-3H3;5H,4H2,1-3H3. The van der Waals surface area contributed by atoms with Crippen molar-refractivity contribution in [3.8, 4) is 0 Å². The molecule has 6 heterocycles. The van der Waals surface area contributed by atoms with Crippen LogP contribution in [0.3, 0.4) is 0 Å². The summed E-state index contributed by atoms with van der Waals surface area (Å²) in [5.74, 6) is -0.310. The van der Waals surface area contributed by atoms with E-state index < -0.39 is 45.3 Å². The monoisotopic (exact) mass is 1680 g/mol. The Bertz CT molecular complexity index is 3690. The highest BCUT2D eigenvalue weighted by atomic mass is 16.6. The molecule has 0 saturated carbocycles. The van der Waals surface area contributed by atoms with Crippen molar-refractivity contribution in [3.05, 3.63) is 119 Å². The smallest absolute Gasteiger partial charge is 0.410 e. The molecule has 672 valence electrons. The molecule has 0 radical (unpaired) electrons. The summed E-state index contributed by atoms with van der Waals surface area (Å²) in [6.07, 6.45) is 8.51. The van der Waals surface area contributed by atoms with Gasteiger partial charge in [0.15, 0.2) is 0 Å². The Labute approximate surface area is 713 Å². The molecule has 0 bridgehead atoms. The number of amides is 5. The van der Waals surface area contributed by atoms with Crippen molar-refractivity contribution in [2.75, 3.05) is 112 Å². The third-order valence-corrected chi connectivity index (χ3v) is 23.2. The number of ether oxygens (including phenoxy) is 8. The maximum absolute atomic E-state index is 12.2. The number of aliphatic carboxylic acids is 1. The molecular formula is C92H142N6O22. The quantitative estimate of drug-likeness (QED) is 0.0478. The first-order valence-electron chi connectivity index (χ1n) is 42.6. The first-order chi connectivity index (χ1) is 56.5. The molecule has 6 aliphatic rings. The van der Waals surface area contributed by atoms with Crippen molar-refractivity contribution < 1.29 is 106 Å². The lowest BCUT2D eigenvalue weighted by atomic mass is 9.69. The van der Waals surface area contributed by atoms with E-state index in [4.69, 9.17) is 38.3 Å². The summed E-state index contributed by atoms with van der Waals surface area (Å²) in [6.45, 7) is 44.7. The van der Waals surface area contributed by atoms with Gasteiger partial charge in [-0.25, -0.2) is 14.4 Å². The van der Waals surface area contributed by atoms with Gasteiger partial charge in [0.1, 0.15) is 25.6 Å². The van der Waals surface area contributed by atoms with Crippen LogP contribution in [-0.4, -0.2) is 224 Å². The number of carboxylic acids is 1. The van der Waals surface area contributed by atoms with Gasteiger partial charge in [-0.1, -0.05) is 116 Å². The molecule has 5 saturated heterocycles. The molecular weight excluding hydrogens is 1540 g/mol. The van der Waals surface area contributed by atoms with E-state index in [1.807, 2.05) is 171 Å². The Hall–Kier alpha value is -9.44. The zero-order valence-corrected chi connectivity index (χ0v) is 75.3. The van der Waals surface area contributed by atoms with Gasteiger partial charge in [0.2, 0.25) is 11.8 Å². The van der Waals surface area contributed by atoms with Crippen LogP contribution in [0.4, 0.5) is 14.4 Å². The molecule has 0 atom stereocenters. The van der Waals surface area contributed by atoms with E-state index in [1.54, 1.807) is 81.9 Å². The van der Waals surface area contributed by atoms with Crippen LogP contribution in [0.5, 0.6) is 0 Å². The molecule has 6 aliphatic heterocycles. The fraction of sp³-hybridized carbons (Fsp3) is 0.652. The number of carbonyl (C=O) groups is 12. The number of likely N-dealkylation sites (tertiary alicyclic amines) is 4. The molecule has 9 rings (SSSR count). The number of hydrogen-bond donors (Lipinski definition) is 3. The summed E-state index contributed by atoms with van der Waals surface area (Å²) in [4.78, 5) is 147. The summed E-state index contributed by atoms with van der Waals surface area (Å²) in [7, 11) is 0. The third kappa shape index (κ3) is 34.2. The average Bonchev–Trinajstić information content (AvgIpc) is 0.771. The number of aliphatic hydroxyl groups is 1. The van der Waals surface area contributed by atoms with Crippen LogP contribution in [0, 0.1) is 50.7 Å². The van der Waals surface area contributed by atoms with Crippen molar-refractivity contribution in [2.24, 2.45) is 50.7 Å². The molecule has 120 heavy (non-hydrogen) atoms. The molecule has 0 aromatic heterocycles. The van der Waals surface area contributed by atoms with Gasteiger partial charge in [-0.05, 0) is 209 Å². The van der Waals surface area contributed by atoms with Gasteiger partial charge in [0, 0.05) is 92.1 Å². The van der Waals surface area contributed by atoms with E-state index in [9.17, 15) is 62.6 Å². The second-order valence-electron chi connectivity index (χ2n) is 33.7. The van der Waals surface area contributed by atoms with E-state index in [0.29, 0.717) is 123 Å². The van der Waals surface area contributed by atoms with Crippen molar-refractivity contribution in [3.63, 3.8) is 0 Å². The summed E-state index contributed by atoms with van der Waals surface area (Å²) >= 11 is 0. The third-order valence-electron chi connectivity index (χ3n) is 23.2. The molecule has 0 aliphatic carbocycles. The largest absolute Gasteiger partial charge is 0.481 e. The number of rotatable bonds is 22. The Balaban J connectivity index is 0.000000369. The number of nitrogens with zero attached hydrogens (tertiary/aromatic N) is 5. The number of esters is 5. The van der Waals surface area contributed by atoms with Gasteiger partial charge in [0.05, 0.1) is 71.6 Å². The first-order valence-corrected chi connectivity index (χ1v) is 42.6. The fourth-order valence-corrected chi connectivity index (χ4v) is 14.2. The molecule has 0 spiro atoms. The molecule has 28 heteroatoms. The summed E-state index contributed by atoms with van der Waals surface area (Å²) in [6, 6.07) is 28.6. The minimum Gasteiger partial charge on any atom is -0.481 e. The zero-order chi connectivity index (χ0) is 90.0. The van der Waals surface area contributed by atoms with Crippen LogP contribution in [0.15, 0.2) is 103 Å². The van der Waals surface area contributed by atoms with Crippen LogP contribution in [0.1, 0.15) is 219 Å². The van der Waals surface area contributed by atoms with Crippen LogP contribution >= 0.6 is 0 Å². The molecule has 3 aromatic rings. The maximum Gasteiger partial charge on any atom is 0.410 e. The van der Waals surface area contributed by atoms with Crippen LogP contribution in [0.2, 0.25) is 0 Å². The lowest BCUT2D eigenvalue weighted by Gasteiger charge is -2.45. The zero-order valence-electron chi connectivity index (χ0n) is 75.3. The Kier molecular flexibility index (Phi) is 45.4. The Morgan fingerprint density at radius 3 is 1.09 bits per heavy atom. The van der Waals surface area contributed by atoms with Gasteiger partial charge >= 0.3 is 54.1 Å². The number of benzene rings is 3. The molecule has 5 fully saturated rings. The van der Waals surface area contributed by atoms with Crippen LogP contribution < -0.4 is 5.32 Å².